The van der Waals surface area contributed by atoms with E-state index in [-0.39, 0.29) is 0 Å². The summed E-state index contributed by atoms with van der Waals surface area (Å²) >= 11 is 10.2. The molecule has 0 heterocycles. The molecule has 0 bridgehead atoms. The van der Waals surface area contributed by atoms with Gasteiger partial charge < -0.3 is 9.05 Å². The molecule has 0 amide bonds. The number of rotatable bonds is 7. The highest BCUT2D eigenvalue weighted by atomic mass is 79.9. The van der Waals surface area contributed by atoms with Crippen LogP contribution in [0.1, 0.15) is 13.8 Å². The third kappa shape index (κ3) is 5.95. The topological polar surface area (TPSA) is 18.5 Å². The van der Waals surface area contributed by atoms with E-state index in [1.807, 2.05) is 13.8 Å². The summed E-state index contributed by atoms with van der Waals surface area (Å²) in [5, 5.41) is 0.927. The monoisotopic (exact) mass is 292 g/mol. The molecule has 0 saturated heterocycles. The molecule has 0 fully saturated rings. The molecule has 74 valence electrons. The molecule has 0 aliphatic carbocycles. The molecule has 6 heteroatoms. The minimum absolute atomic E-state index is 0.632. The van der Waals surface area contributed by atoms with Crippen molar-refractivity contribution < 1.29 is 9.05 Å². The average Bonchev–Trinajstić information content (AvgIpc) is 2.02. The van der Waals surface area contributed by atoms with Gasteiger partial charge in [-0.1, -0.05) is 27.3 Å². The summed E-state index contributed by atoms with van der Waals surface area (Å²) in [4.78, 5) is 0. The molecule has 0 unspecified atom stereocenters. The second-order valence-corrected chi connectivity index (χ2v) is 9.03. The van der Waals surface area contributed by atoms with Gasteiger partial charge in [-0.3, -0.25) is 0 Å². The largest absolute Gasteiger partial charge is 0.322 e. The highest BCUT2D eigenvalue weighted by Crippen LogP contribution is 2.60. The van der Waals surface area contributed by atoms with E-state index in [0.29, 0.717) is 13.2 Å². The van der Waals surface area contributed by atoms with Crippen molar-refractivity contribution in [3.63, 3.8) is 0 Å². The Morgan fingerprint density at radius 1 is 1.33 bits per heavy atom. The Kier molecular flexibility index (Phi) is 8.68. The van der Waals surface area contributed by atoms with Crippen molar-refractivity contribution >= 4 is 44.8 Å². The maximum absolute atomic E-state index is 5.42. The van der Waals surface area contributed by atoms with E-state index in [2.05, 4.69) is 15.9 Å². The van der Waals surface area contributed by atoms with E-state index in [1.54, 1.807) is 11.4 Å². The van der Waals surface area contributed by atoms with Crippen LogP contribution in [0.25, 0.3) is 0 Å². The van der Waals surface area contributed by atoms with Gasteiger partial charge >= 0.3 is 0 Å². The Bertz CT molecular complexity index is 146. The van der Waals surface area contributed by atoms with Gasteiger partial charge in [-0.25, -0.2) is 0 Å². The zero-order chi connectivity index (χ0) is 9.45. The van der Waals surface area contributed by atoms with Crippen LogP contribution in [0.3, 0.4) is 0 Å². The molecule has 0 radical (unpaired) electrons. The highest BCUT2D eigenvalue weighted by Gasteiger charge is 2.17. The van der Waals surface area contributed by atoms with Gasteiger partial charge in [-0.15, -0.1) is 0 Å². The van der Waals surface area contributed by atoms with E-state index in [0.717, 1.165) is 11.1 Å². The van der Waals surface area contributed by atoms with Crippen molar-refractivity contribution in [2.75, 3.05) is 24.3 Å². The third-order valence-electron chi connectivity index (χ3n) is 0.901. The van der Waals surface area contributed by atoms with E-state index < -0.39 is 5.69 Å². The molecular formula is C6H14BrO2PS2. The molecular weight excluding hydrogens is 279 g/mol. The second-order valence-electron chi connectivity index (χ2n) is 1.80. The standard InChI is InChI=1S/C6H14BrO2PS2/c1-3-8-10(11,9-4-2)12-6-5-7/h3-6H2,1-2H3. The zero-order valence-electron chi connectivity index (χ0n) is 7.29. The van der Waals surface area contributed by atoms with Crippen LogP contribution in [0.5, 0.6) is 0 Å². The zero-order valence-corrected chi connectivity index (χ0v) is 11.4. The maximum Gasteiger partial charge on any atom is 0.247 e. The van der Waals surface area contributed by atoms with Gasteiger partial charge in [-0.2, -0.15) is 0 Å². The quantitative estimate of drug-likeness (QED) is 0.528. The van der Waals surface area contributed by atoms with Gasteiger partial charge in [0.25, 0.3) is 0 Å². The molecule has 0 spiro atoms. The summed E-state index contributed by atoms with van der Waals surface area (Å²) in [5.74, 6) is 0.942. The number of hydrogen-bond donors (Lipinski definition) is 0. The van der Waals surface area contributed by atoms with Crippen molar-refractivity contribution in [2.24, 2.45) is 0 Å². The summed E-state index contributed by atoms with van der Waals surface area (Å²) in [6.45, 7) is 5.14. The maximum atomic E-state index is 5.42. The fourth-order valence-corrected chi connectivity index (χ4v) is 6.29. The molecule has 2 nitrogen and oxygen atoms in total. The van der Waals surface area contributed by atoms with Crippen LogP contribution in [0.15, 0.2) is 0 Å². The fourth-order valence-electron chi connectivity index (χ4n) is 0.574. The van der Waals surface area contributed by atoms with E-state index in [1.165, 1.54) is 0 Å². The molecule has 0 rings (SSSR count). The minimum Gasteiger partial charge on any atom is -0.322 e. The molecule has 0 aliphatic rings. The van der Waals surface area contributed by atoms with Crippen molar-refractivity contribution in [2.45, 2.75) is 13.8 Å². The Morgan fingerprint density at radius 3 is 2.17 bits per heavy atom. The summed E-state index contributed by atoms with van der Waals surface area (Å²) in [7, 11) is 0. The summed E-state index contributed by atoms with van der Waals surface area (Å²) in [6.07, 6.45) is 0. The molecule has 0 saturated carbocycles. The van der Waals surface area contributed by atoms with Crippen molar-refractivity contribution in [1.82, 2.24) is 0 Å². The van der Waals surface area contributed by atoms with Crippen LogP contribution in [-0.4, -0.2) is 24.3 Å². The highest BCUT2D eigenvalue weighted by molar-refractivity contribution is 9.09. The van der Waals surface area contributed by atoms with Crippen LogP contribution in [0, 0.1) is 0 Å². The minimum atomic E-state index is -2.02. The third-order valence-corrected chi connectivity index (χ3v) is 7.38. The van der Waals surface area contributed by atoms with E-state index >= 15 is 0 Å². The van der Waals surface area contributed by atoms with E-state index in [9.17, 15) is 0 Å². The molecule has 0 aromatic carbocycles. The lowest BCUT2D eigenvalue weighted by atomic mass is 10.9. The van der Waals surface area contributed by atoms with Crippen molar-refractivity contribution in [3.8, 4) is 0 Å². The second kappa shape index (κ2) is 7.77. The Hall–Kier alpha value is 1.40. The van der Waals surface area contributed by atoms with E-state index in [4.69, 9.17) is 20.9 Å². The Morgan fingerprint density at radius 2 is 1.83 bits per heavy atom. The Balaban J connectivity index is 3.90. The lowest BCUT2D eigenvalue weighted by molar-refractivity contribution is 0.280. The summed E-state index contributed by atoms with van der Waals surface area (Å²) < 4.78 is 10.8. The van der Waals surface area contributed by atoms with Gasteiger partial charge in [0, 0.05) is 11.1 Å². The van der Waals surface area contributed by atoms with Crippen molar-refractivity contribution in [3.05, 3.63) is 0 Å². The molecule has 0 aliphatic heterocycles. The lowest BCUT2D eigenvalue weighted by Gasteiger charge is -2.19. The number of hydrogen-bond acceptors (Lipinski definition) is 4. The first-order chi connectivity index (χ1) is 5.68. The molecule has 0 aromatic rings. The molecule has 0 N–H and O–H groups in total. The van der Waals surface area contributed by atoms with Gasteiger partial charge in [-0.05, 0) is 25.7 Å². The van der Waals surface area contributed by atoms with Gasteiger partial charge in [0.2, 0.25) is 5.69 Å². The van der Waals surface area contributed by atoms with Crippen LogP contribution in [0.2, 0.25) is 0 Å². The summed E-state index contributed by atoms with van der Waals surface area (Å²) in [6, 6.07) is 0. The first-order valence-electron chi connectivity index (χ1n) is 3.78. The fraction of sp³-hybridized carbons (Fsp3) is 1.00. The van der Waals surface area contributed by atoms with Gasteiger partial charge in [0.15, 0.2) is 0 Å². The predicted octanol–water partition coefficient (Wildman–Crippen LogP) is 3.41. The normalized spacial score (nSPS) is 11.9. The van der Waals surface area contributed by atoms with Crippen molar-refractivity contribution in [1.29, 1.82) is 0 Å². The lowest BCUT2D eigenvalue weighted by Crippen LogP contribution is -1.93. The summed E-state index contributed by atoms with van der Waals surface area (Å²) in [5.41, 5.74) is -2.02. The van der Waals surface area contributed by atoms with Crippen LogP contribution >= 0.6 is 33.0 Å². The van der Waals surface area contributed by atoms with Crippen LogP contribution < -0.4 is 0 Å². The SMILES string of the molecule is CCOP(=S)(OCC)SCCBr. The first-order valence-corrected chi connectivity index (χ1v) is 9.13. The molecule has 0 aromatic heterocycles. The average molecular weight is 293 g/mol. The van der Waals surface area contributed by atoms with Crippen LogP contribution in [0.4, 0.5) is 0 Å². The number of alkyl halides is 1. The smallest absolute Gasteiger partial charge is 0.247 e. The van der Waals surface area contributed by atoms with Gasteiger partial charge in [0.1, 0.15) is 0 Å². The first kappa shape index (κ1) is 13.4. The van der Waals surface area contributed by atoms with Crippen LogP contribution in [-0.2, 0) is 20.9 Å². The molecule has 0 atom stereocenters. The predicted molar refractivity (Wildman–Crippen MR) is 63.8 cm³/mol. The number of halogens is 1. The molecule has 12 heavy (non-hydrogen) atoms. The van der Waals surface area contributed by atoms with Gasteiger partial charge in [0.05, 0.1) is 13.2 Å². The Labute approximate surface area is 91.8 Å².